The molecule has 1 atom stereocenters. The number of carbonyl (C=O) groups is 1. The van der Waals surface area contributed by atoms with Crippen LogP contribution in [0.3, 0.4) is 0 Å². The second-order valence-electron chi connectivity index (χ2n) is 10.0. The van der Waals surface area contributed by atoms with E-state index in [0.29, 0.717) is 16.6 Å². The van der Waals surface area contributed by atoms with Gasteiger partial charge in [-0.2, -0.15) is 0 Å². The van der Waals surface area contributed by atoms with E-state index in [1.807, 2.05) is 43.3 Å². The molecule has 4 aromatic carbocycles. The number of nitrogens with zero attached hydrogens (tertiary/aromatic N) is 4. The topological polar surface area (TPSA) is 137 Å². The normalized spacial score (nSPS) is 12.5. The number of aromatic nitrogens is 3. The smallest absolute Gasteiger partial charge is 0.270 e. The Kier molecular flexibility index (Phi) is 7.46. The minimum absolute atomic E-state index is 0.00389. The Labute approximate surface area is 252 Å². The first kappa shape index (κ1) is 28.4. The summed E-state index contributed by atoms with van der Waals surface area (Å²) in [6.45, 7) is 1.89. The number of non-ortho nitro benzene ring substituents is 1. The number of benzene rings is 4. The van der Waals surface area contributed by atoms with Gasteiger partial charge >= 0.3 is 0 Å². The van der Waals surface area contributed by atoms with Gasteiger partial charge in [-0.25, -0.2) is 18.4 Å². The third-order valence-electron chi connectivity index (χ3n) is 7.19. The van der Waals surface area contributed by atoms with Crippen LogP contribution in [0.25, 0.3) is 28.3 Å². The lowest BCUT2D eigenvalue weighted by atomic mass is 10.1. The van der Waals surface area contributed by atoms with Crippen molar-refractivity contribution >= 4 is 55.5 Å². The fraction of sp³-hybridized carbons (Fsp3) is 0.0606. The second-order valence-corrected chi connectivity index (χ2v) is 11.9. The minimum atomic E-state index is -4.22. The second kappa shape index (κ2) is 11.5. The van der Waals surface area contributed by atoms with Crippen molar-refractivity contribution in [2.24, 2.45) is 0 Å². The van der Waals surface area contributed by atoms with Gasteiger partial charge in [0.1, 0.15) is 16.2 Å². The zero-order valence-electron chi connectivity index (χ0n) is 23.4. The number of nitro groups is 1. The third kappa shape index (κ3) is 5.32. The van der Waals surface area contributed by atoms with Gasteiger partial charge in [0.15, 0.2) is 5.65 Å². The van der Waals surface area contributed by atoms with Gasteiger partial charge in [0.2, 0.25) is 15.7 Å². The van der Waals surface area contributed by atoms with E-state index in [9.17, 15) is 23.3 Å². The van der Waals surface area contributed by atoms with Gasteiger partial charge < -0.3 is 9.88 Å². The number of rotatable bonds is 8. The molecule has 2 heterocycles. The van der Waals surface area contributed by atoms with Gasteiger partial charge in [0.05, 0.1) is 26.9 Å². The molecule has 0 radical (unpaired) electrons. The Morgan fingerprint density at radius 2 is 1.52 bits per heavy atom. The van der Waals surface area contributed by atoms with Crippen LogP contribution in [-0.2, 0) is 14.6 Å². The number of hydrogen-bond donors (Lipinski definition) is 1. The van der Waals surface area contributed by atoms with E-state index in [2.05, 4.69) is 5.32 Å². The zero-order chi connectivity index (χ0) is 30.8. The molecule has 0 aliphatic carbocycles. The van der Waals surface area contributed by atoms with E-state index >= 15 is 0 Å². The molecule has 0 bridgehead atoms. The summed E-state index contributed by atoms with van der Waals surface area (Å²) in [4.78, 5) is 33.6. The van der Waals surface area contributed by atoms with Gasteiger partial charge in [-0.3, -0.25) is 14.9 Å². The molecule has 10 nitrogen and oxygen atoms in total. The number of hydrogen-bond acceptors (Lipinski definition) is 7. The average Bonchev–Trinajstić information content (AvgIpc) is 3.36. The highest BCUT2D eigenvalue weighted by Crippen LogP contribution is 2.40. The molecule has 6 aromatic rings. The zero-order valence-corrected chi connectivity index (χ0v) is 24.2. The van der Waals surface area contributed by atoms with Crippen LogP contribution < -0.4 is 5.32 Å². The monoisotopic (exact) mass is 603 g/mol. The van der Waals surface area contributed by atoms with E-state index < -0.39 is 26.7 Å². The number of para-hydroxylation sites is 2. The fourth-order valence-corrected chi connectivity index (χ4v) is 6.60. The first-order valence-electron chi connectivity index (χ1n) is 13.6. The standard InChI is InChI=1S/C33H25N5O5S/c1-22(24-12-4-2-5-13-24)37-32-30(34-27-17-8-9-18-28(27)35-32)31(44(42,43)26-15-6-3-7-16-26)33(37)36-29(39)20-19-23-11-10-14-25(21-23)38(40)41/h2-22H,1H3,(H,36,39)/b20-19+/t22-/m0/s1. The highest BCUT2D eigenvalue weighted by atomic mass is 32.2. The molecule has 1 amide bonds. The largest absolute Gasteiger partial charge is 0.307 e. The Hall–Kier alpha value is -5.68. The van der Waals surface area contributed by atoms with Gasteiger partial charge in [-0.1, -0.05) is 72.8 Å². The van der Waals surface area contributed by atoms with Crippen LogP contribution in [0.5, 0.6) is 0 Å². The molecule has 6 rings (SSSR count). The van der Waals surface area contributed by atoms with Gasteiger partial charge in [-0.05, 0) is 48.4 Å². The summed E-state index contributed by atoms with van der Waals surface area (Å²) in [5, 5.41) is 14.0. The highest BCUT2D eigenvalue weighted by Gasteiger charge is 2.33. The summed E-state index contributed by atoms with van der Waals surface area (Å²) in [7, 11) is -4.22. The van der Waals surface area contributed by atoms with Crippen LogP contribution in [0, 0.1) is 10.1 Å². The molecular weight excluding hydrogens is 578 g/mol. The SMILES string of the molecule is C[C@@H](c1ccccc1)n1c(NC(=O)/C=C/c2cccc([N+](=O)[O-])c2)c(S(=O)(=O)c2ccccc2)c2nc3ccccc3nc21. The molecule has 0 fully saturated rings. The average molecular weight is 604 g/mol. The molecule has 44 heavy (non-hydrogen) atoms. The molecule has 2 aromatic heterocycles. The fourth-order valence-electron chi connectivity index (χ4n) is 5.06. The maximum atomic E-state index is 14.3. The molecule has 0 spiro atoms. The van der Waals surface area contributed by atoms with Crippen LogP contribution in [0.2, 0.25) is 0 Å². The van der Waals surface area contributed by atoms with Gasteiger partial charge in [0.25, 0.3) is 5.69 Å². The summed E-state index contributed by atoms with van der Waals surface area (Å²) >= 11 is 0. The van der Waals surface area contributed by atoms with E-state index in [1.54, 1.807) is 47.0 Å². The lowest BCUT2D eigenvalue weighted by Gasteiger charge is -2.19. The van der Waals surface area contributed by atoms with Crippen LogP contribution in [-0.4, -0.2) is 33.8 Å². The summed E-state index contributed by atoms with van der Waals surface area (Å²) < 4.78 is 30.3. The Balaban J connectivity index is 1.59. The van der Waals surface area contributed by atoms with Crippen molar-refractivity contribution in [1.29, 1.82) is 0 Å². The number of nitrogens with one attached hydrogen (secondary N) is 1. The lowest BCUT2D eigenvalue weighted by Crippen LogP contribution is -2.18. The summed E-state index contributed by atoms with van der Waals surface area (Å²) in [5.41, 5.74) is 2.62. The number of amides is 1. The predicted octanol–water partition coefficient (Wildman–Crippen LogP) is 6.59. The highest BCUT2D eigenvalue weighted by molar-refractivity contribution is 7.92. The minimum Gasteiger partial charge on any atom is -0.307 e. The van der Waals surface area contributed by atoms with Crippen LogP contribution in [0.4, 0.5) is 11.5 Å². The van der Waals surface area contributed by atoms with Crippen molar-refractivity contribution in [3.63, 3.8) is 0 Å². The van der Waals surface area contributed by atoms with E-state index in [4.69, 9.17) is 9.97 Å². The molecule has 1 N–H and O–H groups in total. The van der Waals surface area contributed by atoms with E-state index in [-0.39, 0.29) is 32.5 Å². The predicted molar refractivity (Wildman–Crippen MR) is 168 cm³/mol. The van der Waals surface area contributed by atoms with Crippen molar-refractivity contribution in [2.45, 2.75) is 22.8 Å². The van der Waals surface area contributed by atoms with E-state index in [0.717, 1.165) is 5.56 Å². The Morgan fingerprint density at radius 3 is 2.20 bits per heavy atom. The maximum absolute atomic E-state index is 14.3. The number of nitro benzene ring substituents is 1. The molecule has 0 aliphatic rings. The van der Waals surface area contributed by atoms with E-state index in [1.165, 1.54) is 42.5 Å². The van der Waals surface area contributed by atoms with Gasteiger partial charge in [0, 0.05) is 18.2 Å². The number of fused-ring (bicyclic) bond motifs is 2. The van der Waals surface area contributed by atoms with Crippen LogP contribution >= 0.6 is 0 Å². The molecule has 218 valence electrons. The summed E-state index contributed by atoms with van der Waals surface area (Å²) in [5.74, 6) is -0.640. The van der Waals surface area contributed by atoms with Gasteiger partial charge in [-0.15, -0.1) is 0 Å². The third-order valence-corrected chi connectivity index (χ3v) is 9.01. The molecule has 0 aliphatic heterocycles. The Morgan fingerprint density at radius 1 is 0.886 bits per heavy atom. The molecule has 0 saturated carbocycles. The van der Waals surface area contributed by atoms with Crippen LogP contribution in [0.15, 0.2) is 125 Å². The number of sulfone groups is 1. The van der Waals surface area contributed by atoms with Crippen molar-refractivity contribution in [3.8, 4) is 0 Å². The summed E-state index contributed by atoms with van der Waals surface area (Å²) in [6, 6.07) is 29.9. The first-order valence-corrected chi connectivity index (χ1v) is 15.1. The molecule has 0 saturated heterocycles. The first-order chi connectivity index (χ1) is 21.2. The van der Waals surface area contributed by atoms with Crippen molar-refractivity contribution in [1.82, 2.24) is 14.5 Å². The molecule has 11 heteroatoms. The molecular formula is C33H25N5O5S. The Bertz CT molecular complexity index is 2180. The molecule has 0 unspecified atom stereocenters. The number of anilines is 1. The van der Waals surface area contributed by atoms with Crippen molar-refractivity contribution in [2.75, 3.05) is 5.32 Å². The van der Waals surface area contributed by atoms with Crippen molar-refractivity contribution < 1.29 is 18.1 Å². The van der Waals surface area contributed by atoms with Crippen LogP contribution in [0.1, 0.15) is 24.1 Å². The van der Waals surface area contributed by atoms with Crippen molar-refractivity contribution in [3.05, 3.63) is 137 Å². The quantitative estimate of drug-likeness (QED) is 0.118. The summed E-state index contributed by atoms with van der Waals surface area (Å²) in [6.07, 6.45) is 2.62. The number of carbonyl (C=O) groups excluding carboxylic acids is 1. The maximum Gasteiger partial charge on any atom is 0.270 e. The lowest BCUT2D eigenvalue weighted by molar-refractivity contribution is -0.384.